The first-order valence-electron chi connectivity index (χ1n) is 9.28. The topological polar surface area (TPSA) is 170 Å². The molecule has 0 saturated carbocycles. The number of benzene rings is 1. The molecule has 1 fully saturated rings. The molecule has 5 unspecified atom stereocenters. The quantitative estimate of drug-likeness (QED) is 0.263. The molecule has 164 valence electrons. The highest BCUT2D eigenvalue weighted by molar-refractivity contribution is 5.83. The van der Waals surface area contributed by atoms with E-state index in [0.29, 0.717) is 16.5 Å². The summed E-state index contributed by atoms with van der Waals surface area (Å²) in [5, 5.41) is 58.9. The van der Waals surface area contributed by atoms with E-state index >= 15 is 0 Å². The molecule has 1 saturated heterocycles. The smallest absolute Gasteiger partial charge is 0.378 e. The van der Waals surface area contributed by atoms with Crippen LogP contribution in [-0.4, -0.2) is 74.6 Å². The summed E-state index contributed by atoms with van der Waals surface area (Å²) < 4.78 is 15.8. The molecule has 1 aromatic carbocycles. The van der Waals surface area contributed by atoms with Gasteiger partial charge < -0.3 is 44.5 Å². The minimum Gasteiger partial charge on any atom is -0.508 e. The van der Waals surface area contributed by atoms with Crippen LogP contribution in [0.15, 0.2) is 39.1 Å². The van der Waals surface area contributed by atoms with E-state index in [9.17, 15) is 35.4 Å². The number of aromatic hydroxyl groups is 2. The Morgan fingerprint density at radius 2 is 1.87 bits per heavy atom. The predicted molar refractivity (Wildman–Crippen MR) is 103 cm³/mol. The number of aliphatic hydroxyl groups excluding tert-OH is 4. The summed E-state index contributed by atoms with van der Waals surface area (Å²) in [7, 11) is 0. The molecular formula is C20H24O10. The molecule has 30 heavy (non-hydrogen) atoms. The molecule has 10 nitrogen and oxygen atoms in total. The van der Waals surface area contributed by atoms with Crippen LogP contribution >= 0.6 is 0 Å². The maximum atomic E-state index is 11.6. The van der Waals surface area contributed by atoms with Crippen LogP contribution in [0, 0.1) is 0 Å². The van der Waals surface area contributed by atoms with Gasteiger partial charge in [-0.1, -0.05) is 11.6 Å². The Morgan fingerprint density at radius 3 is 2.57 bits per heavy atom. The molecule has 0 aliphatic carbocycles. The van der Waals surface area contributed by atoms with E-state index in [1.807, 2.05) is 0 Å². The normalized spacial score (nSPS) is 27.5. The second kappa shape index (κ2) is 9.13. The van der Waals surface area contributed by atoms with Gasteiger partial charge in [0.15, 0.2) is 6.29 Å². The number of hydrogen-bond donors (Lipinski definition) is 6. The van der Waals surface area contributed by atoms with Crippen molar-refractivity contribution in [2.75, 3.05) is 13.2 Å². The molecule has 6 N–H and O–H groups in total. The molecule has 0 spiro atoms. The summed E-state index contributed by atoms with van der Waals surface area (Å²) in [6.45, 7) is 1.15. The average Bonchev–Trinajstić information content (AvgIpc) is 2.72. The fourth-order valence-electron chi connectivity index (χ4n) is 3.17. The van der Waals surface area contributed by atoms with Gasteiger partial charge in [0.1, 0.15) is 35.7 Å². The summed E-state index contributed by atoms with van der Waals surface area (Å²) in [5.74, 6) is -0.617. The van der Waals surface area contributed by atoms with Crippen molar-refractivity contribution in [3.8, 4) is 11.5 Å². The first-order chi connectivity index (χ1) is 14.2. The van der Waals surface area contributed by atoms with Crippen LogP contribution in [-0.2, 0) is 15.9 Å². The fraction of sp³-hybridized carbons (Fsp3) is 0.450. The lowest BCUT2D eigenvalue weighted by Gasteiger charge is -2.39. The minimum absolute atomic E-state index is 0.0149. The van der Waals surface area contributed by atoms with E-state index in [4.69, 9.17) is 13.9 Å². The van der Waals surface area contributed by atoms with Gasteiger partial charge in [-0.2, -0.15) is 0 Å². The highest BCUT2D eigenvalue weighted by Crippen LogP contribution is 2.29. The first kappa shape index (κ1) is 22.2. The van der Waals surface area contributed by atoms with Crippen molar-refractivity contribution in [3.63, 3.8) is 0 Å². The Kier molecular flexibility index (Phi) is 6.76. The number of fused-ring (bicyclic) bond motifs is 1. The third kappa shape index (κ3) is 4.48. The summed E-state index contributed by atoms with van der Waals surface area (Å²) in [6, 6.07) is 4.18. The molecular weight excluding hydrogens is 400 g/mol. The van der Waals surface area contributed by atoms with Crippen molar-refractivity contribution in [1.82, 2.24) is 0 Å². The molecule has 5 atom stereocenters. The zero-order valence-electron chi connectivity index (χ0n) is 16.1. The van der Waals surface area contributed by atoms with E-state index in [1.165, 1.54) is 18.2 Å². The number of phenols is 1. The van der Waals surface area contributed by atoms with Gasteiger partial charge in [0, 0.05) is 10.9 Å². The van der Waals surface area contributed by atoms with E-state index in [1.54, 1.807) is 13.0 Å². The SMILES string of the molecule is C/C(=C\Cc1c(O)ccc2cc(O)c(=O)oc12)COC1OC(CO)C(O)C(O)C1O. The van der Waals surface area contributed by atoms with Gasteiger partial charge in [-0.05, 0) is 31.5 Å². The van der Waals surface area contributed by atoms with Crippen LogP contribution in [0.5, 0.6) is 11.5 Å². The Hall–Kier alpha value is -2.47. The van der Waals surface area contributed by atoms with Crippen LogP contribution in [0.4, 0.5) is 0 Å². The second-order valence-electron chi connectivity index (χ2n) is 7.16. The van der Waals surface area contributed by atoms with Crippen molar-refractivity contribution in [2.45, 2.75) is 44.1 Å². The Balaban J connectivity index is 1.71. The van der Waals surface area contributed by atoms with Gasteiger partial charge in [0.05, 0.1) is 13.2 Å². The van der Waals surface area contributed by atoms with Gasteiger partial charge in [-0.15, -0.1) is 0 Å². The first-order valence-corrected chi connectivity index (χ1v) is 9.28. The lowest BCUT2D eigenvalue weighted by Crippen LogP contribution is -2.59. The molecule has 0 radical (unpaired) electrons. The molecule has 2 heterocycles. The van der Waals surface area contributed by atoms with Crippen LogP contribution in [0.2, 0.25) is 0 Å². The Bertz CT molecular complexity index is 979. The minimum atomic E-state index is -1.53. The van der Waals surface area contributed by atoms with Crippen LogP contribution in [0.1, 0.15) is 12.5 Å². The monoisotopic (exact) mass is 424 g/mol. The van der Waals surface area contributed by atoms with Gasteiger partial charge in [-0.25, -0.2) is 4.79 Å². The highest BCUT2D eigenvalue weighted by Gasteiger charge is 2.43. The number of allylic oxidation sites excluding steroid dienone is 1. The number of aliphatic hydroxyl groups is 4. The molecule has 1 aliphatic rings. The van der Waals surface area contributed by atoms with Gasteiger partial charge in [-0.3, -0.25) is 0 Å². The van der Waals surface area contributed by atoms with E-state index < -0.39 is 48.7 Å². The fourth-order valence-corrected chi connectivity index (χ4v) is 3.17. The zero-order valence-corrected chi connectivity index (χ0v) is 16.1. The molecule has 1 aromatic heterocycles. The van der Waals surface area contributed by atoms with Crippen molar-refractivity contribution in [1.29, 1.82) is 0 Å². The Labute approximate surface area is 170 Å². The highest BCUT2D eigenvalue weighted by atomic mass is 16.7. The molecule has 0 amide bonds. The maximum absolute atomic E-state index is 11.6. The van der Waals surface area contributed by atoms with Crippen LogP contribution in [0.3, 0.4) is 0 Å². The number of rotatable bonds is 6. The lowest BCUT2D eigenvalue weighted by atomic mass is 9.99. The zero-order chi connectivity index (χ0) is 22.0. The van der Waals surface area contributed by atoms with Crippen molar-refractivity contribution < 1.29 is 44.5 Å². The van der Waals surface area contributed by atoms with Gasteiger partial charge in [0.2, 0.25) is 5.75 Å². The standard InChI is InChI=1S/C20H24O10/c1-9(8-28-20-17(26)16(25)15(24)14(7-21)29-20)2-4-11-12(22)5-3-10-6-13(23)19(27)30-18(10)11/h2-3,5-6,14-17,20-26H,4,7-8H2,1H3/b9-2+. The van der Waals surface area contributed by atoms with Crippen molar-refractivity contribution >= 4 is 11.0 Å². The van der Waals surface area contributed by atoms with Gasteiger partial charge >= 0.3 is 5.63 Å². The third-order valence-electron chi connectivity index (χ3n) is 4.94. The summed E-state index contributed by atoms with van der Waals surface area (Å²) in [4.78, 5) is 11.6. The molecule has 1 aliphatic heterocycles. The van der Waals surface area contributed by atoms with E-state index in [-0.39, 0.29) is 24.4 Å². The predicted octanol–water partition coefficient (Wildman–Crippen LogP) is -0.491. The van der Waals surface area contributed by atoms with Crippen LogP contribution < -0.4 is 5.63 Å². The van der Waals surface area contributed by atoms with Crippen molar-refractivity contribution in [3.05, 3.63) is 45.8 Å². The summed E-state index contributed by atoms with van der Waals surface area (Å²) in [6.07, 6.45) is -4.94. The van der Waals surface area contributed by atoms with E-state index in [0.717, 1.165) is 0 Å². The molecule has 0 bridgehead atoms. The summed E-state index contributed by atoms with van der Waals surface area (Å²) >= 11 is 0. The van der Waals surface area contributed by atoms with Gasteiger partial charge in [0.25, 0.3) is 0 Å². The third-order valence-corrected chi connectivity index (χ3v) is 4.94. The number of hydrogen-bond acceptors (Lipinski definition) is 10. The number of phenolic OH excluding ortho intramolecular Hbond substituents is 1. The maximum Gasteiger partial charge on any atom is 0.378 e. The lowest BCUT2D eigenvalue weighted by molar-refractivity contribution is -0.299. The van der Waals surface area contributed by atoms with Crippen LogP contribution in [0.25, 0.3) is 11.0 Å². The van der Waals surface area contributed by atoms with Crippen molar-refractivity contribution in [2.24, 2.45) is 0 Å². The second-order valence-corrected chi connectivity index (χ2v) is 7.16. The molecule has 2 aromatic rings. The Morgan fingerprint density at radius 1 is 1.13 bits per heavy atom. The number of ether oxygens (including phenoxy) is 2. The average molecular weight is 424 g/mol. The summed E-state index contributed by atoms with van der Waals surface area (Å²) in [5.41, 5.74) is 0.249. The van der Waals surface area contributed by atoms with E-state index in [2.05, 4.69) is 0 Å². The molecule has 3 rings (SSSR count). The largest absolute Gasteiger partial charge is 0.508 e. The molecule has 10 heteroatoms.